The molecular weight excluding hydrogens is 356 g/mol. The summed E-state index contributed by atoms with van der Waals surface area (Å²) in [5.41, 5.74) is 0. The van der Waals surface area contributed by atoms with Crippen molar-refractivity contribution >= 4 is 23.5 Å². The van der Waals surface area contributed by atoms with Gasteiger partial charge >= 0.3 is 0 Å². The van der Waals surface area contributed by atoms with E-state index in [0.717, 1.165) is 11.5 Å². The zero-order chi connectivity index (χ0) is 19.1. The molecule has 0 aromatic heterocycles. The summed E-state index contributed by atoms with van der Waals surface area (Å²) >= 11 is 3.93. The molecule has 0 rings (SSSR count). The van der Waals surface area contributed by atoms with E-state index in [2.05, 4.69) is 13.8 Å². The van der Waals surface area contributed by atoms with Crippen molar-refractivity contribution in [3.63, 3.8) is 0 Å². The fraction of sp³-hybridized carbons (Fsp3) is 1.00. The van der Waals surface area contributed by atoms with Crippen LogP contribution in [0.1, 0.15) is 117 Å². The summed E-state index contributed by atoms with van der Waals surface area (Å²) < 4.78 is 0. The molecular formula is C23H48OS2. The Labute approximate surface area is 174 Å². The summed E-state index contributed by atoms with van der Waals surface area (Å²) in [6.07, 6.45) is 23.0. The van der Waals surface area contributed by atoms with Crippen LogP contribution in [0.2, 0.25) is 0 Å². The first-order chi connectivity index (χ1) is 12.8. The van der Waals surface area contributed by atoms with Crippen molar-refractivity contribution in [2.24, 2.45) is 0 Å². The highest BCUT2D eigenvalue weighted by Crippen LogP contribution is 2.18. The van der Waals surface area contributed by atoms with Gasteiger partial charge in [0.05, 0.1) is 6.61 Å². The minimum atomic E-state index is 0.338. The second kappa shape index (κ2) is 23.7. The average Bonchev–Trinajstić information content (AvgIpc) is 2.66. The molecule has 0 aliphatic carbocycles. The summed E-state index contributed by atoms with van der Waals surface area (Å²) in [4.78, 5) is 0. The van der Waals surface area contributed by atoms with Gasteiger partial charge in [0, 0.05) is 11.0 Å². The van der Waals surface area contributed by atoms with Gasteiger partial charge in [-0.25, -0.2) is 0 Å². The Bertz CT molecular complexity index is 248. The van der Waals surface area contributed by atoms with Gasteiger partial charge in [0.1, 0.15) is 0 Å². The lowest BCUT2D eigenvalue weighted by molar-refractivity contribution is 0.301. The number of aliphatic hydroxyl groups is 1. The van der Waals surface area contributed by atoms with Crippen LogP contribution in [0.4, 0.5) is 0 Å². The first-order valence-electron chi connectivity index (χ1n) is 11.6. The van der Waals surface area contributed by atoms with E-state index < -0.39 is 0 Å². The van der Waals surface area contributed by atoms with Crippen LogP contribution in [0.3, 0.4) is 0 Å². The number of thioether (sulfide) groups is 2. The van der Waals surface area contributed by atoms with Crippen LogP contribution < -0.4 is 0 Å². The van der Waals surface area contributed by atoms with Crippen molar-refractivity contribution in [1.29, 1.82) is 0 Å². The minimum Gasteiger partial charge on any atom is -0.395 e. The molecule has 1 unspecified atom stereocenters. The Kier molecular flexibility index (Phi) is 24.3. The lowest BCUT2D eigenvalue weighted by Gasteiger charge is -2.11. The first kappa shape index (κ1) is 26.7. The molecule has 1 nitrogen and oxygen atoms in total. The molecule has 0 spiro atoms. The van der Waals surface area contributed by atoms with Gasteiger partial charge in [-0.15, -0.1) is 0 Å². The van der Waals surface area contributed by atoms with Crippen molar-refractivity contribution in [2.75, 3.05) is 23.9 Å². The highest BCUT2D eigenvalue weighted by molar-refractivity contribution is 8.03. The maximum Gasteiger partial charge on any atom is 0.0558 e. The van der Waals surface area contributed by atoms with Crippen LogP contribution in [0.15, 0.2) is 0 Å². The van der Waals surface area contributed by atoms with Crippen molar-refractivity contribution in [3.05, 3.63) is 0 Å². The highest BCUT2D eigenvalue weighted by Gasteiger charge is 2.06. The van der Waals surface area contributed by atoms with Crippen LogP contribution in [0.5, 0.6) is 0 Å². The molecule has 0 aliphatic rings. The molecule has 1 atom stereocenters. The topological polar surface area (TPSA) is 20.2 Å². The van der Waals surface area contributed by atoms with E-state index in [0.29, 0.717) is 11.9 Å². The minimum absolute atomic E-state index is 0.338. The van der Waals surface area contributed by atoms with E-state index in [1.54, 1.807) is 0 Å². The van der Waals surface area contributed by atoms with Crippen LogP contribution >= 0.6 is 23.5 Å². The molecule has 0 bridgehead atoms. The summed E-state index contributed by atoms with van der Waals surface area (Å²) in [6, 6.07) is 0. The molecule has 0 fully saturated rings. The molecule has 0 aromatic rings. The van der Waals surface area contributed by atoms with Gasteiger partial charge in [0.15, 0.2) is 0 Å². The average molecular weight is 405 g/mol. The van der Waals surface area contributed by atoms with Gasteiger partial charge in [-0.2, -0.15) is 23.5 Å². The van der Waals surface area contributed by atoms with E-state index >= 15 is 0 Å². The molecule has 0 aliphatic heterocycles. The van der Waals surface area contributed by atoms with Gasteiger partial charge in [-0.05, 0) is 17.9 Å². The SMILES string of the molecule is CCCCCCCCCCCCCCCCCCSCC(CO)SCC. The molecule has 0 radical (unpaired) electrons. The third-order valence-electron chi connectivity index (χ3n) is 5.05. The Balaban J connectivity index is 3.07. The molecule has 0 saturated carbocycles. The summed E-state index contributed by atoms with van der Waals surface area (Å²) in [7, 11) is 0. The third kappa shape index (κ3) is 21.0. The third-order valence-corrected chi connectivity index (χ3v) is 7.60. The molecule has 26 heavy (non-hydrogen) atoms. The van der Waals surface area contributed by atoms with Gasteiger partial charge in [-0.1, -0.05) is 110 Å². The largest absolute Gasteiger partial charge is 0.395 e. The van der Waals surface area contributed by atoms with Crippen LogP contribution in [0, 0.1) is 0 Å². The Morgan fingerprint density at radius 3 is 1.42 bits per heavy atom. The Morgan fingerprint density at radius 2 is 1.04 bits per heavy atom. The number of rotatable bonds is 22. The van der Waals surface area contributed by atoms with Gasteiger partial charge in [0.25, 0.3) is 0 Å². The second-order valence-corrected chi connectivity index (χ2v) is 10.4. The Hall–Kier alpha value is 0.660. The number of unbranched alkanes of at least 4 members (excludes halogenated alkanes) is 15. The summed E-state index contributed by atoms with van der Waals surface area (Å²) in [5, 5.41) is 9.72. The zero-order valence-electron chi connectivity index (χ0n) is 18.0. The molecule has 0 aromatic carbocycles. The number of hydrogen-bond donors (Lipinski definition) is 1. The number of hydrogen-bond acceptors (Lipinski definition) is 3. The maximum atomic E-state index is 9.27. The second-order valence-electron chi connectivity index (χ2n) is 7.64. The monoisotopic (exact) mass is 404 g/mol. The van der Waals surface area contributed by atoms with Gasteiger partial charge in [0.2, 0.25) is 0 Å². The zero-order valence-corrected chi connectivity index (χ0v) is 19.6. The van der Waals surface area contributed by atoms with Crippen molar-refractivity contribution in [2.45, 2.75) is 122 Å². The number of aliphatic hydroxyl groups excluding tert-OH is 1. The van der Waals surface area contributed by atoms with Crippen molar-refractivity contribution in [3.8, 4) is 0 Å². The predicted octanol–water partition coefficient (Wildman–Crippen LogP) is 8.10. The Morgan fingerprint density at radius 1 is 0.615 bits per heavy atom. The molecule has 3 heteroatoms. The molecule has 0 amide bonds. The summed E-state index contributed by atoms with van der Waals surface area (Å²) in [5.74, 6) is 3.51. The van der Waals surface area contributed by atoms with E-state index in [1.165, 1.54) is 108 Å². The van der Waals surface area contributed by atoms with E-state index in [-0.39, 0.29) is 0 Å². The maximum absolute atomic E-state index is 9.27. The molecule has 158 valence electrons. The molecule has 1 N–H and O–H groups in total. The predicted molar refractivity (Wildman–Crippen MR) is 126 cm³/mol. The fourth-order valence-electron chi connectivity index (χ4n) is 3.36. The van der Waals surface area contributed by atoms with E-state index in [1.807, 2.05) is 23.5 Å². The lowest BCUT2D eigenvalue weighted by atomic mass is 10.0. The van der Waals surface area contributed by atoms with E-state index in [9.17, 15) is 5.11 Å². The van der Waals surface area contributed by atoms with Crippen LogP contribution in [-0.4, -0.2) is 34.2 Å². The smallest absolute Gasteiger partial charge is 0.0558 e. The summed E-state index contributed by atoms with van der Waals surface area (Å²) in [6.45, 7) is 4.81. The van der Waals surface area contributed by atoms with Gasteiger partial charge < -0.3 is 5.11 Å². The van der Waals surface area contributed by atoms with Gasteiger partial charge in [-0.3, -0.25) is 0 Å². The quantitative estimate of drug-likeness (QED) is 0.184. The first-order valence-corrected chi connectivity index (χ1v) is 13.9. The van der Waals surface area contributed by atoms with E-state index in [4.69, 9.17) is 0 Å². The van der Waals surface area contributed by atoms with Crippen LogP contribution in [-0.2, 0) is 0 Å². The standard InChI is InChI=1S/C23H48OS2/c1-3-5-6-7-8-9-10-11-12-13-14-15-16-17-18-19-20-25-22-23(21-24)26-4-2/h23-24H,3-22H2,1-2H3. The van der Waals surface area contributed by atoms with Crippen molar-refractivity contribution < 1.29 is 5.11 Å². The molecule has 0 heterocycles. The normalized spacial score (nSPS) is 12.6. The van der Waals surface area contributed by atoms with Crippen LogP contribution in [0.25, 0.3) is 0 Å². The fourth-order valence-corrected chi connectivity index (χ4v) is 5.55. The molecule has 0 saturated heterocycles. The van der Waals surface area contributed by atoms with Crippen molar-refractivity contribution in [1.82, 2.24) is 0 Å². The lowest BCUT2D eigenvalue weighted by Crippen LogP contribution is -2.12. The highest BCUT2D eigenvalue weighted by atomic mass is 32.2.